The first-order valence-electron chi connectivity index (χ1n) is 4.99. The highest BCUT2D eigenvalue weighted by atomic mass is 35.5. The van der Waals surface area contributed by atoms with E-state index in [0.717, 1.165) is 11.8 Å². The minimum Gasteiger partial charge on any atom is -0.160 e. The van der Waals surface area contributed by atoms with Gasteiger partial charge in [-0.3, -0.25) is 0 Å². The van der Waals surface area contributed by atoms with Crippen molar-refractivity contribution in [1.82, 2.24) is 0 Å². The van der Waals surface area contributed by atoms with Crippen LogP contribution in [0.3, 0.4) is 0 Å². The van der Waals surface area contributed by atoms with Gasteiger partial charge in [-0.05, 0) is 24.0 Å². The molecule has 2 heteroatoms. The summed E-state index contributed by atoms with van der Waals surface area (Å²) in [6, 6.07) is 0. The first kappa shape index (κ1) is 10.7. The fourth-order valence-electron chi connectivity index (χ4n) is 1.84. The molecule has 0 nitrogen and oxygen atoms in total. The van der Waals surface area contributed by atoms with Crippen LogP contribution < -0.4 is 0 Å². The zero-order valence-electron chi connectivity index (χ0n) is 8.05. The SMILES string of the molecule is CCC(CC)CC1CSCC1Cl. The van der Waals surface area contributed by atoms with Gasteiger partial charge in [-0.25, -0.2) is 0 Å². The molecule has 1 rings (SSSR count). The molecule has 1 heterocycles. The zero-order chi connectivity index (χ0) is 8.97. The van der Waals surface area contributed by atoms with Gasteiger partial charge in [0.1, 0.15) is 0 Å². The number of thioether (sulfide) groups is 1. The molecule has 0 aromatic rings. The Morgan fingerprint density at radius 2 is 2.00 bits per heavy atom. The molecule has 1 aliphatic heterocycles. The summed E-state index contributed by atoms with van der Waals surface area (Å²) < 4.78 is 0. The van der Waals surface area contributed by atoms with E-state index >= 15 is 0 Å². The van der Waals surface area contributed by atoms with E-state index in [9.17, 15) is 0 Å². The van der Waals surface area contributed by atoms with Crippen LogP contribution >= 0.6 is 23.4 Å². The Morgan fingerprint density at radius 3 is 2.42 bits per heavy atom. The highest BCUT2D eigenvalue weighted by Crippen LogP contribution is 2.34. The van der Waals surface area contributed by atoms with Gasteiger partial charge in [0, 0.05) is 11.1 Å². The average molecular weight is 207 g/mol. The molecular formula is C10H19ClS. The van der Waals surface area contributed by atoms with Gasteiger partial charge in [0.2, 0.25) is 0 Å². The lowest BCUT2D eigenvalue weighted by Crippen LogP contribution is -2.16. The van der Waals surface area contributed by atoms with Crippen molar-refractivity contribution in [1.29, 1.82) is 0 Å². The van der Waals surface area contributed by atoms with Gasteiger partial charge in [0.15, 0.2) is 0 Å². The Balaban J connectivity index is 2.28. The molecule has 0 saturated carbocycles. The van der Waals surface area contributed by atoms with Crippen LogP contribution in [0.1, 0.15) is 33.1 Å². The van der Waals surface area contributed by atoms with Crippen LogP contribution in [0.15, 0.2) is 0 Å². The smallest absolute Gasteiger partial charge is 0.0462 e. The third-order valence-electron chi connectivity index (χ3n) is 2.91. The molecule has 0 bridgehead atoms. The molecule has 2 atom stereocenters. The molecule has 0 amide bonds. The molecule has 1 aliphatic rings. The second-order valence-corrected chi connectivity index (χ2v) is 5.37. The minimum atomic E-state index is 0.454. The van der Waals surface area contributed by atoms with Gasteiger partial charge in [-0.15, -0.1) is 11.6 Å². The number of hydrogen-bond donors (Lipinski definition) is 0. The fourth-order valence-corrected chi connectivity index (χ4v) is 3.71. The Morgan fingerprint density at radius 1 is 1.33 bits per heavy atom. The van der Waals surface area contributed by atoms with Crippen molar-refractivity contribution in [3.05, 3.63) is 0 Å². The van der Waals surface area contributed by atoms with Crippen LogP contribution in [-0.4, -0.2) is 16.9 Å². The predicted molar refractivity (Wildman–Crippen MR) is 59.1 cm³/mol. The van der Waals surface area contributed by atoms with E-state index in [0.29, 0.717) is 5.38 Å². The van der Waals surface area contributed by atoms with Crippen LogP contribution in [-0.2, 0) is 0 Å². The van der Waals surface area contributed by atoms with Gasteiger partial charge in [-0.1, -0.05) is 26.7 Å². The van der Waals surface area contributed by atoms with E-state index in [-0.39, 0.29) is 0 Å². The van der Waals surface area contributed by atoms with Crippen molar-refractivity contribution in [2.24, 2.45) is 11.8 Å². The van der Waals surface area contributed by atoms with Crippen LogP contribution in [0.5, 0.6) is 0 Å². The van der Waals surface area contributed by atoms with E-state index in [4.69, 9.17) is 11.6 Å². The monoisotopic (exact) mass is 206 g/mol. The highest BCUT2D eigenvalue weighted by Gasteiger charge is 2.27. The molecule has 2 unspecified atom stereocenters. The van der Waals surface area contributed by atoms with Gasteiger partial charge in [0.25, 0.3) is 0 Å². The summed E-state index contributed by atoms with van der Waals surface area (Å²) >= 11 is 8.24. The maximum Gasteiger partial charge on any atom is 0.0462 e. The summed E-state index contributed by atoms with van der Waals surface area (Å²) in [5.74, 6) is 4.17. The predicted octanol–water partition coefficient (Wildman–Crippen LogP) is 3.78. The number of rotatable bonds is 4. The Labute approximate surface area is 85.4 Å². The van der Waals surface area contributed by atoms with Gasteiger partial charge >= 0.3 is 0 Å². The second-order valence-electron chi connectivity index (χ2n) is 3.73. The maximum atomic E-state index is 6.22. The molecule has 0 radical (unpaired) electrons. The third-order valence-corrected chi connectivity index (χ3v) is 4.86. The standard InChI is InChI=1S/C10H19ClS/c1-3-8(4-2)5-9-6-12-7-10(9)11/h8-10H,3-7H2,1-2H3. The zero-order valence-corrected chi connectivity index (χ0v) is 9.63. The first-order valence-corrected chi connectivity index (χ1v) is 6.58. The lowest BCUT2D eigenvalue weighted by Gasteiger charge is -2.18. The summed E-state index contributed by atoms with van der Waals surface area (Å²) in [5, 5.41) is 0.454. The Bertz CT molecular complexity index is 123. The molecule has 72 valence electrons. The van der Waals surface area contributed by atoms with Crippen LogP contribution in [0.4, 0.5) is 0 Å². The van der Waals surface area contributed by atoms with Gasteiger partial charge in [-0.2, -0.15) is 11.8 Å². The molecule has 1 saturated heterocycles. The highest BCUT2D eigenvalue weighted by molar-refractivity contribution is 7.99. The summed E-state index contributed by atoms with van der Waals surface area (Å²) in [6.07, 6.45) is 4.00. The molecule has 1 fully saturated rings. The molecule has 0 aromatic carbocycles. The number of hydrogen-bond acceptors (Lipinski definition) is 1. The molecule has 0 aromatic heterocycles. The van der Waals surface area contributed by atoms with Gasteiger partial charge in [0.05, 0.1) is 0 Å². The number of alkyl halides is 1. The van der Waals surface area contributed by atoms with Crippen molar-refractivity contribution in [3.8, 4) is 0 Å². The van der Waals surface area contributed by atoms with Crippen molar-refractivity contribution in [2.45, 2.75) is 38.5 Å². The van der Waals surface area contributed by atoms with E-state index in [1.54, 1.807) is 0 Å². The summed E-state index contributed by atoms with van der Waals surface area (Å²) in [5.41, 5.74) is 0. The normalized spacial score (nSPS) is 30.0. The van der Waals surface area contributed by atoms with E-state index in [2.05, 4.69) is 13.8 Å². The summed E-state index contributed by atoms with van der Waals surface area (Å²) in [6.45, 7) is 4.58. The number of halogens is 1. The van der Waals surface area contributed by atoms with Gasteiger partial charge < -0.3 is 0 Å². The molecular weight excluding hydrogens is 188 g/mol. The quantitative estimate of drug-likeness (QED) is 0.631. The fraction of sp³-hybridized carbons (Fsp3) is 1.00. The molecule has 0 spiro atoms. The van der Waals surface area contributed by atoms with Crippen LogP contribution in [0.25, 0.3) is 0 Å². The maximum absolute atomic E-state index is 6.22. The average Bonchev–Trinajstić information content (AvgIpc) is 2.47. The lowest BCUT2D eigenvalue weighted by atomic mass is 9.90. The minimum absolute atomic E-state index is 0.454. The van der Waals surface area contributed by atoms with E-state index in [1.807, 2.05) is 11.8 Å². The van der Waals surface area contributed by atoms with Crippen molar-refractivity contribution in [3.63, 3.8) is 0 Å². The largest absolute Gasteiger partial charge is 0.160 e. The summed E-state index contributed by atoms with van der Waals surface area (Å²) in [4.78, 5) is 0. The van der Waals surface area contributed by atoms with Crippen molar-refractivity contribution in [2.75, 3.05) is 11.5 Å². The van der Waals surface area contributed by atoms with E-state index in [1.165, 1.54) is 30.8 Å². The van der Waals surface area contributed by atoms with Crippen LogP contribution in [0, 0.1) is 11.8 Å². The van der Waals surface area contributed by atoms with Crippen molar-refractivity contribution < 1.29 is 0 Å². The van der Waals surface area contributed by atoms with E-state index < -0.39 is 0 Å². The topological polar surface area (TPSA) is 0 Å². The summed E-state index contributed by atoms with van der Waals surface area (Å²) in [7, 11) is 0. The van der Waals surface area contributed by atoms with Crippen molar-refractivity contribution >= 4 is 23.4 Å². The second kappa shape index (κ2) is 5.39. The molecule has 0 aliphatic carbocycles. The van der Waals surface area contributed by atoms with Crippen LogP contribution in [0.2, 0.25) is 0 Å². The molecule has 0 N–H and O–H groups in total. The first-order chi connectivity index (χ1) is 5.77. The Kier molecular flexibility index (Phi) is 4.81. The lowest BCUT2D eigenvalue weighted by molar-refractivity contribution is 0.379. The molecule has 12 heavy (non-hydrogen) atoms. The Hall–Kier alpha value is 0.640. The third kappa shape index (κ3) is 2.85.